The van der Waals surface area contributed by atoms with Crippen LogP contribution in [0.4, 0.5) is 0 Å². The number of hydrogen-bond donors (Lipinski definition) is 2. The standard InChI is InChI=1S/C15H20BrNO3/c16-12-4-6-13(7-5-12)20-10-1-3-14(18)17-11-15(19)8-2-9-15/h4-7,19H,1-3,8-11H2,(H,17,18). The Morgan fingerprint density at radius 2 is 2.05 bits per heavy atom. The molecule has 1 aliphatic carbocycles. The number of ether oxygens (including phenoxy) is 1. The maximum Gasteiger partial charge on any atom is 0.220 e. The number of amides is 1. The molecule has 20 heavy (non-hydrogen) atoms. The first-order valence-corrected chi connectivity index (χ1v) is 7.74. The Bertz CT molecular complexity index is 443. The van der Waals surface area contributed by atoms with E-state index in [0.717, 1.165) is 29.5 Å². The van der Waals surface area contributed by atoms with Crippen LogP contribution >= 0.6 is 15.9 Å². The van der Waals surface area contributed by atoms with E-state index in [9.17, 15) is 9.90 Å². The molecule has 2 N–H and O–H groups in total. The lowest BCUT2D eigenvalue weighted by molar-refractivity contribution is -0.123. The summed E-state index contributed by atoms with van der Waals surface area (Å²) in [7, 11) is 0. The highest BCUT2D eigenvalue weighted by Crippen LogP contribution is 2.30. The smallest absolute Gasteiger partial charge is 0.220 e. The van der Waals surface area contributed by atoms with Gasteiger partial charge < -0.3 is 15.2 Å². The second kappa shape index (κ2) is 7.09. The molecule has 0 spiro atoms. The molecular weight excluding hydrogens is 322 g/mol. The van der Waals surface area contributed by atoms with Crippen LogP contribution in [0, 0.1) is 0 Å². The van der Waals surface area contributed by atoms with Crippen LogP contribution in [0.5, 0.6) is 5.75 Å². The number of carbonyl (C=O) groups is 1. The van der Waals surface area contributed by atoms with Crippen molar-refractivity contribution in [3.8, 4) is 5.75 Å². The third kappa shape index (κ3) is 4.80. The van der Waals surface area contributed by atoms with Crippen LogP contribution in [0.2, 0.25) is 0 Å². The van der Waals surface area contributed by atoms with E-state index < -0.39 is 5.60 Å². The van der Waals surface area contributed by atoms with Gasteiger partial charge in [0.15, 0.2) is 0 Å². The van der Waals surface area contributed by atoms with E-state index in [4.69, 9.17) is 4.74 Å². The van der Waals surface area contributed by atoms with Crippen LogP contribution in [0.25, 0.3) is 0 Å². The number of hydrogen-bond acceptors (Lipinski definition) is 3. The highest BCUT2D eigenvalue weighted by atomic mass is 79.9. The lowest BCUT2D eigenvalue weighted by Crippen LogP contribution is -2.47. The number of nitrogens with one attached hydrogen (secondary N) is 1. The molecule has 0 radical (unpaired) electrons. The van der Waals surface area contributed by atoms with E-state index in [1.54, 1.807) is 0 Å². The number of halogens is 1. The average Bonchev–Trinajstić information content (AvgIpc) is 2.41. The van der Waals surface area contributed by atoms with Crippen LogP contribution in [-0.2, 0) is 4.79 Å². The second-order valence-electron chi connectivity index (χ2n) is 5.26. The zero-order valence-electron chi connectivity index (χ0n) is 11.4. The molecule has 2 rings (SSSR count). The summed E-state index contributed by atoms with van der Waals surface area (Å²) < 4.78 is 6.55. The zero-order valence-corrected chi connectivity index (χ0v) is 13.0. The van der Waals surface area contributed by atoms with Gasteiger partial charge in [-0.3, -0.25) is 4.79 Å². The van der Waals surface area contributed by atoms with Crippen LogP contribution in [0.1, 0.15) is 32.1 Å². The molecule has 0 heterocycles. The number of carbonyl (C=O) groups excluding carboxylic acids is 1. The van der Waals surface area contributed by atoms with E-state index >= 15 is 0 Å². The molecule has 0 atom stereocenters. The van der Waals surface area contributed by atoms with E-state index in [1.807, 2.05) is 24.3 Å². The Morgan fingerprint density at radius 1 is 1.35 bits per heavy atom. The number of rotatable bonds is 7. The fourth-order valence-corrected chi connectivity index (χ4v) is 2.33. The molecule has 1 fully saturated rings. The predicted octanol–water partition coefficient (Wildman–Crippen LogP) is 2.64. The first kappa shape index (κ1) is 15.3. The molecule has 1 aliphatic rings. The molecule has 0 unspecified atom stereocenters. The van der Waals surface area contributed by atoms with Crippen LogP contribution in [0.3, 0.4) is 0 Å². The van der Waals surface area contributed by atoms with Gasteiger partial charge >= 0.3 is 0 Å². The Hall–Kier alpha value is -1.07. The lowest BCUT2D eigenvalue weighted by atomic mass is 9.80. The Balaban J connectivity index is 1.56. The summed E-state index contributed by atoms with van der Waals surface area (Å²) in [6, 6.07) is 7.61. The summed E-state index contributed by atoms with van der Waals surface area (Å²) in [5, 5.41) is 12.6. The van der Waals surface area contributed by atoms with Gasteiger partial charge in [0.05, 0.1) is 12.2 Å². The SMILES string of the molecule is O=C(CCCOc1ccc(Br)cc1)NCC1(O)CCC1. The van der Waals surface area contributed by atoms with Crippen molar-refractivity contribution in [3.63, 3.8) is 0 Å². The minimum atomic E-state index is -0.649. The molecule has 4 nitrogen and oxygen atoms in total. The van der Waals surface area contributed by atoms with Crippen molar-refractivity contribution in [3.05, 3.63) is 28.7 Å². The van der Waals surface area contributed by atoms with Crippen LogP contribution in [-0.4, -0.2) is 29.8 Å². The van der Waals surface area contributed by atoms with Crippen molar-refractivity contribution in [1.29, 1.82) is 0 Å². The van der Waals surface area contributed by atoms with Crippen molar-refractivity contribution >= 4 is 21.8 Å². The summed E-state index contributed by atoms with van der Waals surface area (Å²) in [4.78, 5) is 11.6. The maximum absolute atomic E-state index is 11.6. The number of benzene rings is 1. The largest absolute Gasteiger partial charge is 0.494 e. The van der Waals surface area contributed by atoms with Crippen molar-refractivity contribution in [2.75, 3.05) is 13.2 Å². The summed E-state index contributed by atoms with van der Waals surface area (Å²) in [6.45, 7) is 0.888. The van der Waals surface area contributed by atoms with Gasteiger partial charge in [0, 0.05) is 17.4 Å². The molecule has 0 saturated heterocycles. The van der Waals surface area contributed by atoms with Crippen LogP contribution in [0.15, 0.2) is 28.7 Å². The van der Waals surface area contributed by atoms with E-state index in [0.29, 0.717) is 26.0 Å². The van der Waals surface area contributed by atoms with Gasteiger partial charge in [-0.15, -0.1) is 0 Å². The molecule has 0 bridgehead atoms. The van der Waals surface area contributed by atoms with Gasteiger partial charge in [-0.25, -0.2) is 0 Å². The third-order valence-electron chi connectivity index (χ3n) is 3.53. The highest BCUT2D eigenvalue weighted by molar-refractivity contribution is 9.10. The monoisotopic (exact) mass is 341 g/mol. The van der Waals surface area contributed by atoms with Crippen molar-refractivity contribution in [1.82, 2.24) is 5.32 Å². The third-order valence-corrected chi connectivity index (χ3v) is 4.06. The van der Waals surface area contributed by atoms with Crippen molar-refractivity contribution < 1.29 is 14.6 Å². The van der Waals surface area contributed by atoms with Gasteiger partial charge in [-0.1, -0.05) is 15.9 Å². The fourth-order valence-electron chi connectivity index (χ4n) is 2.07. The van der Waals surface area contributed by atoms with Crippen molar-refractivity contribution in [2.45, 2.75) is 37.7 Å². The van der Waals surface area contributed by atoms with Gasteiger partial charge in [0.25, 0.3) is 0 Å². The highest BCUT2D eigenvalue weighted by Gasteiger charge is 2.34. The average molecular weight is 342 g/mol. The predicted molar refractivity (Wildman–Crippen MR) is 80.7 cm³/mol. The fraction of sp³-hybridized carbons (Fsp3) is 0.533. The van der Waals surface area contributed by atoms with Gasteiger partial charge in [-0.2, -0.15) is 0 Å². The first-order valence-electron chi connectivity index (χ1n) is 6.95. The lowest BCUT2D eigenvalue weighted by Gasteiger charge is -2.36. The zero-order chi connectivity index (χ0) is 14.4. The van der Waals surface area contributed by atoms with Crippen molar-refractivity contribution in [2.24, 2.45) is 0 Å². The molecule has 1 saturated carbocycles. The minimum absolute atomic E-state index is 0.0234. The summed E-state index contributed by atoms with van der Waals surface area (Å²) in [6.07, 6.45) is 3.72. The van der Waals surface area contributed by atoms with E-state index in [1.165, 1.54) is 0 Å². The van der Waals surface area contributed by atoms with Gasteiger partial charge in [0.1, 0.15) is 5.75 Å². The summed E-state index contributed by atoms with van der Waals surface area (Å²) in [5.74, 6) is 0.780. The molecule has 0 aromatic heterocycles. The van der Waals surface area contributed by atoms with Gasteiger partial charge in [-0.05, 0) is 49.9 Å². The molecular formula is C15H20BrNO3. The van der Waals surface area contributed by atoms with E-state index in [2.05, 4.69) is 21.2 Å². The minimum Gasteiger partial charge on any atom is -0.494 e. The second-order valence-corrected chi connectivity index (χ2v) is 6.18. The Morgan fingerprint density at radius 3 is 2.65 bits per heavy atom. The summed E-state index contributed by atoms with van der Waals surface area (Å²) in [5.41, 5.74) is -0.649. The van der Waals surface area contributed by atoms with E-state index in [-0.39, 0.29) is 5.91 Å². The number of aliphatic hydroxyl groups is 1. The maximum atomic E-state index is 11.6. The quantitative estimate of drug-likeness (QED) is 0.749. The molecule has 0 aliphatic heterocycles. The molecule has 5 heteroatoms. The molecule has 110 valence electrons. The van der Waals surface area contributed by atoms with Crippen LogP contribution < -0.4 is 10.1 Å². The normalized spacial score (nSPS) is 16.3. The topological polar surface area (TPSA) is 58.6 Å². The molecule has 1 aromatic carbocycles. The Labute approximate surface area is 127 Å². The van der Waals surface area contributed by atoms with Gasteiger partial charge in [0.2, 0.25) is 5.91 Å². The molecule has 1 amide bonds. The Kier molecular flexibility index (Phi) is 5.43. The first-order chi connectivity index (χ1) is 9.57. The molecule has 1 aromatic rings. The summed E-state index contributed by atoms with van der Waals surface area (Å²) >= 11 is 3.36.